The van der Waals surface area contributed by atoms with E-state index in [2.05, 4.69) is 36.2 Å². The van der Waals surface area contributed by atoms with Gasteiger partial charge in [0.25, 0.3) is 0 Å². The van der Waals surface area contributed by atoms with Crippen LogP contribution in [0.4, 0.5) is 9.52 Å². The van der Waals surface area contributed by atoms with Crippen LogP contribution in [0.1, 0.15) is 29.5 Å². The summed E-state index contributed by atoms with van der Waals surface area (Å²) in [5.74, 6) is -0.259. The molecule has 1 aliphatic rings. The van der Waals surface area contributed by atoms with Gasteiger partial charge in [0.1, 0.15) is 5.82 Å². The predicted molar refractivity (Wildman–Crippen MR) is 112 cm³/mol. The number of amides is 1. The fraction of sp³-hybridized carbons (Fsp3) is 0.364. The van der Waals surface area contributed by atoms with Crippen LogP contribution < -0.4 is 10.2 Å². The second-order valence-corrected chi connectivity index (χ2v) is 8.56. The van der Waals surface area contributed by atoms with E-state index in [0.717, 1.165) is 35.6 Å². The van der Waals surface area contributed by atoms with Crippen LogP contribution in [0.3, 0.4) is 0 Å². The number of hydrogen-bond acceptors (Lipinski definition) is 4. The topological polar surface area (TPSA) is 45.2 Å². The molecule has 1 unspecified atom stereocenters. The van der Waals surface area contributed by atoms with Crippen molar-refractivity contribution in [1.82, 2.24) is 10.3 Å². The number of aryl methyl sites for hydroxylation is 2. The molecule has 1 aromatic heterocycles. The van der Waals surface area contributed by atoms with Crippen molar-refractivity contribution in [2.45, 2.75) is 33.2 Å². The van der Waals surface area contributed by atoms with Gasteiger partial charge in [-0.25, -0.2) is 9.37 Å². The predicted octanol–water partition coefficient (Wildman–Crippen LogP) is 4.59. The first-order valence-electron chi connectivity index (χ1n) is 9.64. The second kappa shape index (κ2) is 7.87. The van der Waals surface area contributed by atoms with Crippen molar-refractivity contribution in [1.29, 1.82) is 0 Å². The minimum Gasteiger partial charge on any atom is -0.352 e. The Labute approximate surface area is 168 Å². The lowest BCUT2D eigenvalue weighted by Crippen LogP contribution is -2.42. The maximum absolute atomic E-state index is 13.0. The third kappa shape index (κ3) is 4.02. The van der Waals surface area contributed by atoms with Gasteiger partial charge < -0.3 is 10.2 Å². The summed E-state index contributed by atoms with van der Waals surface area (Å²) in [6.07, 6.45) is 1.86. The second-order valence-electron chi connectivity index (χ2n) is 7.55. The van der Waals surface area contributed by atoms with E-state index in [-0.39, 0.29) is 17.6 Å². The zero-order chi connectivity index (χ0) is 19.7. The highest BCUT2D eigenvalue weighted by molar-refractivity contribution is 7.22. The first-order valence-corrected chi connectivity index (χ1v) is 10.5. The summed E-state index contributed by atoms with van der Waals surface area (Å²) < 4.78 is 14.2. The van der Waals surface area contributed by atoms with Crippen LogP contribution in [-0.4, -0.2) is 24.0 Å². The molecule has 1 amide bonds. The first-order chi connectivity index (χ1) is 13.5. The molecular formula is C22H24FN3OS. The molecule has 0 saturated carbocycles. The van der Waals surface area contributed by atoms with Gasteiger partial charge in [-0.1, -0.05) is 29.5 Å². The van der Waals surface area contributed by atoms with Crippen LogP contribution in [0, 0.1) is 25.6 Å². The van der Waals surface area contributed by atoms with Gasteiger partial charge >= 0.3 is 0 Å². The number of fused-ring (bicyclic) bond motifs is 1. The van der Waals surface area contributed by atoms with Crippen LogP contribution >= 0.6 is 11.3 Å². The molecule has 2 aromatic carbocycles. The smallest absolute Gasteiger partial charge is 0.225 e. The van der Waals surface area contributed by atoms with E-state index in [9.17, 15) is 9.18 Å². The summed E-state index contributed by atoms with van der Waals surface area (Å²) in [5, 5.41) is 4.00. The Hall–Kier alpha value is -2.47. The molecule has 28 heavy (non-hydrogen) atoms. The minimum atomic E-state index is -0.265. The van der Waals surface area contributed by atoms with Gasteiger partial charge in [0.15, 0.2) is 5.13 Å². The highest BCUT2D eigenvalue weighted by Gasteiger charge is 2.27. The van der Waals surface area contributed by atoms with Gasteiger partial charge in [-0.05, 0) is 61.6 Å². The molecule has 1 N–H and O–H groups in total. The lowest BCUT2D eigenvalue weighted by atomic mass is 9.97. The van der Waals surface area contributed by atoms with Crippen molar-refractivity contribution >= 4 is 32.6 Å². The van der Waals surface area contributed by atoms with E-state index in [1.54, 1.807) is 23.5 Å². The SMILES string of the molecule is Cc1cc(C)c2nc(N3CCCC(C(=O)NCc4ccc(F)cc4)C3)sc2c1. The number of nitrogens with one attached hydrogen (secondary N) is 1. The van der Waals surface area contributed by atoms with Crippen molar-refractivity contribution < 1.29 is 9.18 Å². The summed E-state index contributed by atoms with van der Waals surface area (Å²) >= 11 is 1.71. The van der Waals surface area contributed by atoms with E-state index >= 15 is 0 Å². The molecule has 3 aromatic rings. The van der Waals surface area contributed by atoms with Crippen molar-refractivity contribution in [3.8, 4) is 0 Å². The molecule has 0 radical (unpaired) electrons. The monoisotopic (exact) mass is 397 g/mol. The number of aromatic nitrogens is 1. The molecule has 0 aliphatic carbocycles. The maximum Gasteiger partial charge on any atom is 0.225 e. The van der Waals surface area contributed by atoms with Crippen molar-refractivity contribution in [3.05, 3.63) is 58.9 Å². The number of nitrogens with zero attached hydrogens (tertiary/aromatic N) is 2. The van der Waals surface area contributed by atoms with E-state index < -0.39 is 0 Å². The summed E-state index contributed by atoms with van der Waals surface area (Å²) in [5.41, 5.74) is 4.41. The van der Waals surface area contributed by atoms with E-state index in [0.29, 0.717) is 13.1 Å². The Bertz CT molecular complexity index is 999. The zero-order valence-electron chi connectivity index (χ0n) is 16.2. The largest absolute Gasteiger partial charge is 0.352 e. The number of piperidine rings is 1. The molecule has 146 valence electrons. The van der Waals surface area contributed by atoms with E-state index in [1.165, 1.54) is 28.0 Å². The van der Waals surface area contributed by atoms with Crippen LogP contribution in [0.2, 0.25) is 0 Å². The van der Waals surface area contributed by atoms with Crippen molar-refractivity contribution in [2.75, 3.05) is 18.0 Å². The molecular weight excluding hydrogens is 373 g/mol. The lowest BCUT2D eigenvalue weighted by Gasteiger charge is -2.31. The van der Waals surface area contributed by atoms with Crippen LogP contribution in [-0.2, 0) is 11.3 Å². The average Bonchev–Trinajstić information content (AvgIpc) is 3.12. The van der Waals surface area contributed by atoms with Crippen LogP contribution in [0.25, 0.3) is 10.2 Å². The molecule has 6 heteroatoms. The zero-order valence-corrected chi connectivity index (χ0v) is 17.0. The number of anilines is 1. The number of carbonyl (C=O) groups excluding carboxylic acids is 1. The number of carbonyl (C=O) groups is 1. The molecule has 1 saturated heterocycles. The standard InChI is InChI=1S/C22H24FN3OS/c1-14-10-15(2)20-19(11-14)28-22(25-20)26-9-3-4-17(13-26)21(27)24-12-16-5-7-18(23)8-6-16/h5-8,10-11,17H,3-4,9,12-13H2,1-2H3,(H,24,27). The van der Waals surface area contributed by atoms with Gasteiger partial charge in [0.05, 0.1) is 16.1 Å². The normalized spacial score (nSPS) is 17.1. The van der Waals surface area contributed by atoms with E-state index in [1.807, 2.05) is 0 Å². The number of halogens is 1. The highest BCUT2D eigenvalue weighted by Crippen LogP contribution is 2.33. The van der Waals surface area contributed by atoms with Crippen molar-refractivity contribution in [2.24, 2.45) is 5.92 Å². The fourth-order valence-corrected chi connectivity index (χ4v) is 4.97. The maximum atomic E-state index is 13.0. The molecule has 4 nitrogen and oxygen atoms in total. The number of benzene rings is 2. The third-order valence-corrected chi connectivity index (χ3v) is 6.32. The fourth-order valence-electron chi connectivity index (χ4n) is 3.79. The molecule has 0 spiro atoms. The molecule has 1 fully saturated rings. The summed E-state index contributed by atoms with van der Waals surface area (Å²) in [6, 6.07) is 10.6. The van der Waals surface area contributed by atoms with Crippen molar-refractivity contribution in [3.63, 3.8) is 0 Å². The molecule has 1 aliphatic heterocycles. The Morgan fingerprint density at radius 3 is 2.86 bits per heavy atom. The van der Waals surface area contributed by atoms with E-state index in [4.69, 9.17) is 4.98 Å². The molecule has 0 bridgehead atoms. The quantitative estimate of drug-likeness (QED) is 0.701. The highest BCUT2D eigenvalue weighted by atomic mass is 32.1. The molecule has 1 atom stereocenters. The molecule has 2 heterocycles. The number of rotatable bonds is 4. The number of hydrogen-bond donors (Lipinski definition) is 1. The number of thiazole rings is 1. The van der Waals surface area contributed by atoms with Gasteiger partial charge in [-0.3, -0.25) is 4.79 Å². The average molecular weight is 398 g/mol. The molecule has 4 rings (SSSR count). The Morgan fingerprint density at radius 1 is 1.29 bits per heavy atom. The van der Waals surface area contributed by atoms with Crippen LogP contribution in [0.15, 0.2) is 36.4 Å². The van der Waals surface area contributed by atoms with Gasteiger partial charge in [-0.15, -0.1) is 0 Å². The summed E-state index contributed by atoms with van der Waals surface area (Å²) in [6.45, 7) is 6.25. The summed E-state index contributed by atoms with van der Waals surface area (Å²) in [4.78, 5) is 19.7. The first kappa shape index (κ1) is 18.9. The lowest BCUT2D eigenvalue weighted by molar-refractivity contribution is -0.125. The summed E-state index contributed by atoms with van der Waals surface area (Å²) in [7, 11) is 0. The van der Waals surface area contributed by atoms with Gasteiger partial charge in [0, 0.05) is 19.6 Å². The Morgan fingerprint density at radius 2 is 2.07 bits per heavy atom. The minimum absolute atomic E-state index is 0.0518. The Kier molecular flexibility index (Phi) is 5.31. The Balaban J connectivity index is 1.43. The van der Waals surface area contributed by atoms with Crippen LogP contribution in [0.5, 0.6) is 0 Å². The van der Waals surface area contributed by atoms with Gasteiger partial charge in [-0.2, -0.15) is 0 Å². The van der Waals surface area contributed by atoms with Gasteiger partial charge in [0.2, 0.25) is 5.91 Å². The third-order valence-electron chi connectivity index (χ3n) is 5.26.